The number of benzene rings is 9. The first-order valence-corrected chi connectivity index (χ1v) is 17.3. The monoisotopic (exact) mass is 633 g/mol. The molecule has 0 spiro atoms. The van der Waals surface area contributed by atoms with Gasteiger partial charge in [-0.1, -0.05) is 121 Å². The zero-order valence-corrected chi connectivity index (χ0v) is 26.9. The minimum atomic E-state index is 0.920. The van der Waals surface area contributed by atoms with Gasteiger partial charge in [0.25, 0.3) is 0 Å². The van der Waals surface area contributed by atoms with Gasteiger partial charge in [0.15, 0.2) is 0 Å². The molecule has 0 saturated carbocycles. The van der Waals surface area contributed by atoms with Crippen LogP contribution in [0.3, 0.4) is 0 Å². The van der Waals surface area contributed by atoms with Gasteiger partial charge in [0.2, 0.25) is 0 Å². The SMILES string of the molecule is c1ccc2c(c1)-c1cccc3c(-c4ccc(-n5c6ccccc6c6cc7cc8c(cc7cc65)oc5ccccc58)c5ccccc45)ccc-2c13. The molecule has 2 heterocycles. The molecule has 1 aliphatic carbocycles. The van der Waals surface area contributed by atoms with Gasteiger partial charge in [-0.2, -0.15) is 0 Å². The topological polar surface area (TPSA) is 18.1 Å². The molecule has 9 aromatic carbocycles. The zero-order valence-electron chi connectivity index (χ0n) is 26.9. The van der Waals surface area contributed by atoms with Crippen LogP contribution in [0.25, 0.3) is 115 Å². The summed E-state index contributed by atoms with van der Waals surface area (Å²) in [4.78, 5) is 0. The summed E-state index contributed by atoms with van der Waals surface area (Å²) in [5, 5.41) is 12.3. The van der Waals surface area contributed by atoms with Crippen molar-refractivity contribution in [3.63, 3.8) is 0 Å². The first-order valence-electron chi connectivity index (χ1n) is 17.3. The van der Waals surface area contributed by atoms with Gasteiger partial charge in [-0.3, -0.25) is 0 Å². The summed E-state index contributed by atoms with van der Waals surface area (Å²) in [6.07, 6.45) is 0. The molecule has 0 unspecified atom stereocenters. The fourth-order valence-corrected chi connectivity index (χ4v) is 8.95. The van der Waals surface area contributed by atoms with Gasteiger partial charge in [0, 0.05) is 26.9 Å². The van der Waals surface area contributed by atoms with Crippen LogP contribution in [0.15, 0.2) is 168 Å². The van der Waals surface area contributed by atoms with Crippen molar-refractivity contribution in [3.8, 4) is 39.1 Å². The van der Waals surface area contributed by atoms with Gasteiger partial charge >= 0.3 is 0 Å². The van der Waals surface area contributed by atoms with Crippen molar-refractivity contribution in [1.29, 1.82) is 0 Å². The molecule has 0 N–H and O–H groups in total. The Labute approximate surface area is 287 Å². The maximum atomic E-state index is 6.32. The second-order valence-electron chi connectivity index (χ2n) is 13.6. The molecule has 12 rings (SSSR count). The average molecular weight is 634 g/mol. The molecule has 2 aromatic heterocycles. The second kappa shape index (κ2) is 9.49. The smallest absolute Gasteiger partial charge is 0.136 e. The molecule has 230 valence electrons. The number of rotatable bonds is 2. The lowest BCUT2D eigenvalue weighted by Crippen LogP contribution is -1.96. The number of fused-ring (bicyclic) bond motifs is 11. The molecule has 11 aromatic rings. The molecular weight excluding hydrogens is 607 g/mol. The predicted octanol–water partition coefficient (Wildman–Crippen LogP) is 13.5. The highest BCUT2D eigenvalue weighted by Gasteiger charge is 2.23. The molecule has 0 radical (unpaired) electrons. The van der Waals surface area contributed by atoms with Crippen LogP contribution >= 0.6 is 0 Å². The molecule has 0 aliphatic heterocycles. The Morgan fingerprint density at radius 3 is 1.80 bits per heavy atom. The second-order valence-corrected chi connectivity index (χ2v) is 13.6. The Bertz CT molecular complexity index is 3240. The van der Waals surface area contributed by atoms with Gasteiger partial charge in [-0.25, -0.2) is 0 Å². The van der Waals surface area contributed by atoms with Crippen LogP contribution in [0.2, 0.25) is 0 Å². The summed E-state index contributed by atoms with van der Waals surface area (Å²) in [6.45, 7) is 0. The van der Waals surface area contributed by atoms with Crippen LogP contribution in [-0.2, 0) is 0 Å². The summed E-state index contributed by atoms with van der Waals surface area (Å²) in [6, 6.07) is 60.1. The van der Waals surface area contributed by atoms with Crippen molar-refractivity contribution in [2.75, 3.05) is 0 Å². The number of nitrogens with zero attached hydrogens (tertiary/aromatic N) is 1. The van der Waals surface area contributed by atoms with Crippen LogP contribution in [-0.4, -0.2) is 4.57 Å². The Morgan fingerprint density at radius 2 is 0.920 bits per heavy atom. The normalized spacial score (nSPS) is 12.4. The molecule has 0 bridgehead atoms. The highest BCUT2D eigenvalue weighted by Crippen LogP contribution is 2.50. The van der Waals surface area contributed by atoms with Gasteiger partial charge in [-0.15, -0.1) is 0 Å². The van der Waals surface area contributed by atoms with E-state index in [0.717, 1.165) is 21.9 Å². The van der Waals surface area contributed by atoms with Crippen LogP contribution in [0.1, 0.15) is 0 Å². The van der Waals surface area contributed by atoms with Crippen LogP contribution in [0, 0.1) is 0 Å². The largest absolute Gasteiger partial charge is 0.456 e. The lowest BCUT2D eigenvalue weighted by molar-refractivity contribution is 0.669. The summed E-state index contributed by atoms with van der Waals surface area (Å²) in [7, 11) is 0. The van der Waals surface area contributed by atoms with Gasteiger partial charge in [0.05, 0.1) is 16.7 Å². The van der Waals surface area contributed by atoms with E-state index in [-0.39, 0.29) is 0 Å². The number of hydrogen-bond acceptors (Lipinski definition) is 1. The Morgan fingerprint density at radius 1 is 0.320 bits per heavy atom. The Hall–Kier alpha value is -6.64. The summed E-state index contributed by atoms with van der Waals surface area (Å²) in [5.74, 6) is 0. The van der Waals surface area contributed by atoms with E-state index >= 15 is 0 Å². The molecule has 0 fully saturated rings. The molecule has 2 nitrogen and oxygen atoms in total. The Kier molecular flexibility index (Phi) is 5.00. The van der Waals surface area contributed by atoms with E-state index in [4.69, 9.17) is 4.42 Å². The lowest BCUT2D eigenvalue weighted by Gasteiger charge is -2.16. The first-order chi connectivity index (χ1) is 24.8. The van der Waals surface area contributed by atoms with Crippen molar-refractivity contribution < 1.29 is 4.42 Å². The number of para-hydroxylation sites is 2. The maximum Gasteiger partial charge on any atom is 0.136 e. The van der Waals surface area contributed by atoms with E-state index in [1.807, 2.05) is 6.07 Å². The predicted molar refractivity (Wildman–Crippen MR) is 210 cm³/mol. The molecule has 0 amide bonds. The quantitative estimate of drug-likeness (QED) is 0.185. The van der Waals surface area contributed by atoms with Gasteiger partial charge in [-0.05, 0) is 103 Å². The van der Waals surface area contributed by atoms with Crippen molar-refractivity contribution in [2.45, 2.75) is 0 Å². The van der Waals surface area contributed by atoms with Crippen LogP contribution in [0.5, 0.6) is 0 Å². The maximum absolute atomic E-state index is 6.32. The Balaban J connectivity index is 1.12. The first kappa shape index (κ1) is 26.3. The average Bonchev–Trinajstić information content (AvgIpc) is 3.81. The van der Waals surface area contributed by atoms with Crippen molar-refractivity contribution in [3.05, 3.63) is 164 Å². The lowest BCUT2D eigenvalue weighted by atomic mass is 9.91. The van der Waals surface area contributed by atoms with Crippen LogP contribution < -0.4 is 0 Å². The molecule has 0 saturated heterocycles. The van der Waals surface area contributed by atoms with E-state index in [2.05, 4.69) is 162 Å². The highest BCUT2D eigenvalue weighted by atomic mass is 16.3. The highest BCUT2D eigenvalue weighted by molar-refractivity contribution is 6.21. The number of furan rings is 1. The van der Waals surface area contributed by atoms with E-state index in [0.29, 0.717) is 0 Å². The third-order valence-corrected chi connectivity index (χ3v) is 11.1. The van der Waals surface area contributed by atoms with Crippen molar-refractivity contribution in [2.24, 2.45) is 0 Å². The van der Waals surface area contributed by atoms with Crippen LogP contribution in [0.4, 0.5) is 0 Å². The summed E-state index contributed by atoms with van der Waals surface area (Å²) < 4.78 is 8.78. The molecular formula is C48H27NO. The van der Waals surface area contributed by atoms with E-state index in [9.17, 15) is 0 Å². The fourth-order valence-electron chi connectivity index (χ4n) is 8.95. The van der Waals surface area contributed by atoms with Crippen molar-refractivity contribution in [1.82, 2.24) is 4.57 Å². The number of aromatic nitrogens is 1. The minimum Gasteiger partial charge on any atom is -0.456 e. The van der Waals surface area contributed by atoms with Crippen molar-refractivity contribution >= 4 is 76.1 Å². The number of hydrogen-bond donors (Lipinski definition) is 0. The van der Waals surface area contributed by atoms with E-state index in [1.165, 1.54) is 93.2 Å². The standard InChI is InChI=1S/C48H27NO/c1-2-12-32-31(11-1)38-16-9-17-39-34(20-21-40(32)48(38)39)33-22-23-44(35-13-4-3-10-30(33)35)49-43-18-7-5-14-36(43)41-24-28-25-42-37-15-6-8-19-46(37)50-47(42)27-29(28)26-45(41)49/h1-27H. The molecule has 50 heavy (non-hydrogen) atoms. The van der Waals surface area contributed by atoms with Gasteiger partial charge < -0.3 is 8.98 Å². The third kappa shape index (κ3) is 3.37. The zero-order chi connectivity index (χ0) is 32.5. The fraction of sp³-hybridized carbons (Fsp3) is 0. The van der Waals surface area contributed by atoms with E-state index < -0.39 is 0 Å². The molecule has 0 atom stereocenters. The summed E-state index contributed by atoms with van der Waals surface area (Å²) in [5.41, 5.74) is 13.2. The minimum absolute atomic E-state index is 0.920. The molecule has 2 heteroatoms. The molecule has 1 aliphatic rings. The summed E-state index contributed by atoms with van der Waals surface area (Å²) >= 11 is 0. The van der Waals surface area contributed by atoms with E-state index in [1.54, 1.807) is 0 Å². The third-order valence-electron chi connectivity index (χ3n) is 11.1. The van der Waals surface area contributed by atoms with Gasteiger partial charge in [0.1, 0.15) is 11.2 Å².